The highest BCUT2D eigenvalue weighted by Gasteiger charge is 2.22. The molecule has 1 aromatic heterocycles. The molecular formula is C20H28N4O3. The minimum atomic E-state index is -0.507. The first-order valence-electron chi connectivity index (χ1n) is 9.54. The van der Waals surface area contributed by atoms with E-state index in [-0.39, 0.29) is 6.04 Å². The van der Waals surface area contributed by atoms with Gasteiger partial charge in [-0.1, -0.05) is 17.3 Å². The molecule has 3 rings (SSSR count). The Labute approximate surface area is 159 Å². The van der Waals surface area contributed by atoms with Crippen molar-refractivity contribution < 1.29 is 14.1 Å². The number of ether oxygens (including phenoxy) is 1. The van der Waals surface area contributed by atoms with Gasteiger partial charge in [-0.15, -0.1) is 0 Å². The molecule has 2 aromatic rings. The summed E-state index contributed by atoms with van der Waals surface area (Å²) in [5.74, 6) is 1.47. The molecule has 1 atom stereocenters. The van der Waals surface area contributed by atoms with Crippen molar-refractivity contribution in [2.75, 3.05) is 11.9 Å². The fourth-order valence-electron chi connectivity index (χ4n) is 3.03. The van der Waals surface area contributed by atoms with Gasteiger partial charge in [-0.2, -0.15) is 4.98 Å². The number of nitrogens with zero attached hydrogens (tertiary/aromatic N) is 2. The van der Waals surface area contributed by atoms with Crippen LogP contribution in [0, 0.1) is 0 Å². The first kappa shape index (κ1) is 19.4. The number of aryl methyl sites for hydroxylation is 2. The summed E-state index contributed by atoms with van der Waals surface area (Å²) < 4.78 is 10.6. The number of carbonyl (C=O) groups excluding carboxylic acids is 1. The predicted molar refractivity (Wildman–Crippen MR) is 103 cm³/mol. The lowest BCUT2D eigenvalue weighted by Crippen LogP contribution is -2.27. The summed E-state index contributed by atoms with van der Waals surface area (Å²) in [4.78, 5) is 16.3. The van der Waals surface area contributed by atoms with Crippen LogP contribution in [0.1, 0.15) is 63.4 Å². The number of nitrogens with one attached hydrogen (secondary N) is 2. The quantitative estimate of drug-likeness (QED) is 0.796. The molecule has 1 aliphatic rings. The van der Waals surface area contributed by atoms with E-state index in [0.717, 1.165) is 50.2 Å². The van der Waals surface area contributed by atoms with Gasteiger partial charge in [-0.25, -0.2) is 4.79 Å². The van der Waals surface area contributed by atoms with Gasteiger partial charge in [0.2, 0.25) is 5.89 Å². The van der Waals surface area contributed by atoms with Crippen LogP contribution in [0.15, 0.2) is 28.8 Å². The maximum atomic E-state index is 11.8. The van der Waals surface area contributed by atoms with Crippen LogP contribution in [0.5, 0.6) is 0 Å². The van der Waals surface area contributed by atoms with Gasteiger partial charge < -0.3 is 14.6 Å². The minimum absolute atomic E-state index is 0.219. The molecule has 0 aliphatic carbocycles. The second kappa shape index (κ2) is 8.52. The Morgan fingerprint density at radius 2 is 2.07 bits per heavy atom. The van der Waals surface area contributed by atoms with Crippen LogP contribution in [-0.4, -0.2) is 28.4 Å². The molecule has 0 spiro atoms. The van der Waals surface area contributed by atoms with Crippen molar-refractivity contribution in [2.45, 2.75) is 64.5 Å². The summed E-state index contributed by atoms with van der Waals surface area (Å²) >= 11 is 0. The van der Waals surface area contributed by atoms with Crippen LogP contribution in [0.3, 0.4) is 0 Å². The van der Waals surface area contributed by atoms with Crippen molar-refractivity contribution in [1.82, 2.24) is 15.5 Å². The molecule has 1 aliphatic heterocycles. The lowest BCUT2D eigenvalue weighted by molar-refractivity contribution is 0.0636. The lowest BCUT2D eigenvalue weighted by atomic mass is 10.1. The summed E-state index contributed by atoms with van der Waals surface area (Å²) in [5.41, 5.74) is 1.41. The zero-order valence-corrected chi connectivity index (χ0v) is 16.2. The number of rotatable bonds is 6. The van der Waals surface area contributed by atoms with Crippen molar-refractivity contribution >= 4 is 11.8 Å². The molecule has 1 amide bonds. The molecule has 2 N–H and O–H groups in total. The minimum Gasteiger partial charge on any atom is -0.444 e. The molecule has 0 unspecified atom stereocenters. The predicted octanol–water partition coefficient (Wildman–Crippen LogP) is 4.02. The van der Waals surface area contributed by atoms with Crippen LogP contribution in [0.2, 0.25) is 0 Å². The molecule has 146 valence electrons. The summed E-state index contributed by atoms with van der Waals surface area (Å²) in [6, 6.07) is 8.01. The van der Waals surface area contributed by atoms with E-state index >= 15 is 0 Å². The van der Waals surface area contributed by atoms with E-state index in [1.54, 1.807) is 0 Å². The summed E-state index contributed by atoms with van der Waals surface area (Å²) in [6.45, 7) is 6.53. The average Bonchev–Trinajstić information content (AvgIpc) is 3.25. The first-order valence-corrected chi connectivity index (χ1v) is 9.54. The molecule has 1 fully saturated rings. The fraction of sp³-hybridized carbons (Fsp3) is 0.550. The Balaban J connectivity index is 1.43. The van der Waals surface area contributed by atoms with E-state index < -0.39 is 11.7 Å². The molecule has 7 nitrogen and oxygen atoms in total. The van der Waals surface area contributed by atoms with Crippen molar-refractivity contribution in [1.29, 1.82) is 0 Å². The van der Waals surface area contributed by atoms with E-state index in [0.29, 0.717) is 5.89 Å². The number of anilines is 1. The average molecular weight is 372 g/mol. The zero-order chi connectivity index (χ0) is 19.3. The smallest absolute Gasteiger partial charge is 0.412 e. The second-order valence-electron chi connectivity index (χ2n) is 7.88. The fourth-order valence-corrected chi connectivity index (χ4v) is 3.03. The molecule has 1 saturated heterocycles. The number of benzene rings is 1. The maximum absolute atomic E-state index is 11.8. The SMILES string of the molecule is CC(C)(C)OC(=O)Nc1ccc(CCCc2noc([C@@H]3CCCN3)n2)cc1. The van der Waals surface area contributed by atoms with Gasteiger partial charge in [0.25, 0.3) is 0 Å². The Morgan fingerprint density at radius 1 is 1.30 bits per heavy atom. The largest absolute Gasteiger partial charge is 0.444 e. The first-order chi connectivity index (χ1) is 12.9. The van der Waals surface area contributed by atoms with E-state index in [1.807, 2.05) is 45.0 Å². The standard InChI is InChI=1S/C20H28N4O3/c1-20(2,3)26-19(25)22-15-11-9-14(10-12-15)6-4-8-17-23-18(27-24-17)16-7-5-13-21-16/h9-12,16,21H,4-8,13H2,1-3H3,(H,22,25)/t16-/m0/s1. The number of hydrogen-bond acceptors (Lipinski definition) is 6. The lowest BCUT2D eigenvalue weighted by Gasteiger charge is -2.19. The molecular weight excluding hydrogens is 344 g/mol. The summed E-state index contributed by atoms with van der Waals surface area (Å²) in [6.07, 6.45) is 4.41. The van der Waals surface area contributed by atoms with Gasteiger partial charge >= 0.3 is 6.09 Å². The normalized spacial score (nSPS) is 17.1. The summed E-state index contributed by atoms with van der Waals surface area (Å²) in [5, 5.41) is 10.2. The van der Waals surface area contributed by atoms with Gasteiger partial charge in [-0.05, 0) is 70.7 Å². The highest BCUT2D eigenvalue weighted by atomic mass is 16.6. The van der Waals surface area contributed by atoms with Crippen molar-refractivity contribution in [3.8, 4) is 0 Å². The molecule has 7 heteroatoms. The van der Waals surface area contributed by atoms with Gasteiger partial charge in [-0.3, -0.25) is 5.32 Å². The third kappa shape index (κ3) is 6.06. The number of amides is 1. The molecule has 0 radical (unpaired) electrons. The zero-order valence-electron chi connectivity index (χ0n) is 16.2. The van der Waals surface area contributed by atoms with Crippen LogP contribution in [0.25, 0.3) is 0 Å². The monoisotopic (exact) mass is 372 g/mol. The van der Waals surface area contributed by atoms with Gasteiger partial charge in [0.15, 0.2) is 5.82 Å². The van der Waals surface area contributed by atoms with Crippen molar-refractivity contribution in [3.05, 3.63) is 41.5 Å². The van der Waals surface area contributed by atoms with E-state index in [1.165, 1.54) is 5.56 Å². The molecule has 1 aromatic carbocycles. The molecule has 2 heterocycles. The third-order valence-corrected chi connectivity index (χ3v) is 4.31. The Hall–Kier alpha value is -2.41. The summed E-state index contributed by atoms with van der Waals surface area (Å²) in [7, 11) is 0. The van der Waals surface area contributed by atoms with Crippen LogP contribution in [-0.2, 0) is 17.6 Å². The third-order valence-electron chi connectivity index (χ3n) is 4.31. The Morgan fingerprint density at radius 3 is 2.74 bits per heavy atom. The van der Waals surface area contributed by atoms with Crippen LogP contribution >= 0.6 is 0 Å². The molecule has 27 heavy (non-hydrogen) atoms. The van der Waals surface area contributed by atoms with Crippen LogP contribution in [0.4, 0.5) is 10.5 Å². The number of carbonyl (C=O) groups is 1. The van der Waals surface area contributed by atoms with E-state index in [2.05, 4.69) is 20.8 Å². The van der Waals surface area contributed by atoms with Crippen LogP contribution < -0.4 is 10.6 Å². The Kier molecular flexibility index (Phi) is 6.11. The maximum Gasteiger partial charge on any atom is 0.412 e. The second-order valence-corrected chi connectivity index (χ2v) is 7.88. The highest BCUT2D eigenvalue weighted by molar-refractivity contribution is 5.84. The topological polar surface area (TPSA) is 89.3 Å². The number of aromatic nitrogens is 2. The van der Waals surface area contributed by atoms with Gasteiger partial charge in [0, 0.05) is 12.1 Å². The van der Waals surface area contributed by atoms with Gasteiger partial charge in [0.1, 0.15) is 5.60 Å². The number of hydrogen-bond donors (Lipinski definition) is 2. The van der Waals surface area contributed by atoms with Gasteiger partial charge in [0.05, 0.1) is 6.04 Å². The van der Waals surface area contributed by atoms with E-state index in [9.17, 15) is 4.79 Å². The molecule has 0 bridgehead atoms. The van der Waals surface area contributed by atoms with Crippen molar-refractivity contribution in [2.24, 2.45) is 0 Å². The van der Waals surface area contributed by atoms with Crippen molar-refractivity contribution in [3.63, 3.8) is 0 Å². The Bertz CT molecular complexity index is 743. The highest BCUT2D eigenvalue weighted by Crippen LogP contribution is 2.21. The molecule has 0 saturated carbocycles. The van der Waals surface area contributed by atoms with E-state index in [4.69, 9.17) is 9.26 Å².